The van der Waals surface area contributed by atoms with Gasteiger partial charge in [-0.2, -0.15) is 0 Å². The maximum absolute atomic E-state index is 11.9. The normalized spacial score (nSPS) is 14.8. The van der Waals surface area contributed by atoms with Crippen LogP contribution in [0, 0.1) is 20.8 Å². The summed E-state index contributed by atoms with van der Waals surface area (Å²) < 4.78 is 12.1. The lowest BCUT2D eigenvalue weighted by Crippen LogP contribution is -2.35. The summed E-state index contributed by atoms with van der Waals surface area (Å²) in [5.41, 5.74) is 2.79. The van der Waals surface area contributed by atoms with Gasteiger partial charge in [0, 0.05) is 29.6 Å². The molecular formula is C20H25N3O4. The van der Waals surface area contributed by atoms with Crippen molar-refractivity contribution in [3.63, 3.8) is 0 Å². The van der Waals surface area contributed by atoms with E-state index in [2.05, 4.69) is 10.5 Å². The van der Waals surface area contributed by atoms with Gasteiger partial charge in [0.2, 0.25) is 0 Å². The highest BCUT2D eigenvalue weighted by atomic mass is 16.5. The van der Waals surface area contributed by atoms with Crippen LogP contribution in [0.3, 0.4) is 0 Å². The predicted molar refractivity (Wildman–Crippen MR) is 100 cm³/mol. The Kier molecular flexibility index (Phi) is 5.78. The molecule has 0 aromatic carbocycles. The standard InChI is InChI=1S/C20H25N3O4/c1-13-10-16(15(3)23(13)18-11-14(2)27-22-18)8-9-20(25)26-12-19(24)21-17-6-4-5-7-17/h8-11,17H,4-7,12H2,1-3H3,(H,21,24)/b9-8+. The first kappa shape index (κ1) is 18.9. The van der Waals surface area contributed by atoms with E-state index in [9.17, 15) is 9.59 Å². The van der Waals surface area contributed by atoms with Crippen LogP contribution in [0.25, 0.3) is 11.9 Å². The number of hydrogen-bond acceptors (Lipinski definition) is 5. The number of amides is 1. The molecule has 1 fully saturated rings. The van der Waals surface area contributed by atoms with E-state index in [1.54, 1.807) is 6.08 Å². The third-order valence-electron chi connectivity index (χ3n) is 4.78. The molecule has 0 aliphatic heterocycles. The summed E-state index contributed by atoms with van der Waals surface area (Å²) in [5, 5.41) is 6.92. The molecule has 144 valence electrons. The van der Waals surface area contributed by atoms with Crippen molar-refractivity contribution in [1.82, 2.24) is 15.0 Å². The Hall–Kier alpha value is -2.83. The van der Waals surface area contributed by atoms with Gasteiger partial charge in [-0.15, -0.1) is 0 Å². The van der Waals surface area contributed by atoms with Crippen LogP contribution in [0.4, 0.5) is 0 Å². The maximum Gasteiger partial charge on any atom is 0.331 e. The number of esters is 1. The SMILES string of the molecule is Cc1cc(-n2c(C)cc(/C=C/C(=O)OCC(=O)NC3CCCC3)c2C)no1. The van der Waals surface area contributed by atoms with Gasteiger partial charge in [-0.05, 0) is 51.3 Å². The van der Waals surface area contributed by atoms with Gasteiger partial charge in [0.25, 0.3) is 5.91 Å². The third-order valence-corrected chi connectivity index (χ3v) is 4.78. The topological polar surface area (TPSA) is 86.4 Å². The second kappa shape index (κ2) is 8.24. The Morgan fingerprint density at radius 1 is 1.30 bits per heavy atom. The Labute approximate surface area is 158 Å². The number of aromatic nitrogens is 2. The average molecular weight is 371 g/mol. The maximum atomic E-state index is 11.9. The molecule has 1 saturated carbocycles. The van der Waals surface area contributed by atoms with Crippen molar-refractivity contribution in [3.8, 4) is 5.82 Å². The fraction of sp³-hybridized carbons (Fsp3) is 0.450. The lowest BCUT2D eigenvalue weighted by Gasteiger charge is -2.11. The zero-order valence-electron chi connectivity index (χ0n) is 15.9. The number of carbonyl (C=O) groups excluding carboxylic acids is 2. The molecule has 0 unspecified atom stereocenters. The van der Waals surface area contributed by atoms with Gasteiger partial charge in [0.05, 0.1) is 0 Å². The summed E-state index contributed by atoms with van der Waals surface area (Å²) in [7, 11) is 0. The van der Waals surface area contributed by atoms with Gasteiger partial charge < -0.3 is 14.6 Å². The average Bonchev–Trinajstić information content (AvgIpc) is 3.33. The monoisotopic (exact) mass is 371 g/mol. The Bertz CT molecular complexity index is 857. The molecule has 1 N–H and O–H groups in total. The molecule has 2 heterocycles. The first-order valence-corrected chi connectivity index (χ1v) is 9.21. The molecule has 0 atom stereocenters. The first-order valence-electron chi connectivity index (χ1n) is 9.21. The van der Waals surface area contributed by atoms with Gasteiger partial charge in [0.15, 0.2) is 12.4 Å². The van der Waals surface area contributed by atoms with Crippen molar-refractivity contribution >= 4 is 18.0 Å². The van der Waals surface area contributed by atoms with Crippen LogP contribution in [0.15, 0.2) is 22.7 Å². The van der Waals surface area contributed by atoms with Crippen LogP contribution in [-0.4, -0.2) is 34.2 Å². The number of nitrogens with zero attached hydrogens (tertiary/aromatic N) is 2. The molecule has 7 nitrogen and oxygen atoms in total. The molecule has 1 amide bonds. The molecule has 7 heteroatoms. The van der Waals surface area contributed by atoms with E-state index in [0.29, 0.717) is 5.82 Å². The highest BCUT2D eigenvalue weighted by molar-refractivity contribution is 5.89. The van der Waals surface area contributed by atoms with Gasteiger partial charge in [-0.1, -0.05) is 18.0 Å². The fourth-order valence-electron chi connectivity index (χ4n) is 3.45. The summed E-state index contributed by atoms with van der Waals surface area (Å²) in [4.78, 5) is 23.7. The summed E-state index contributed by atoms with van der Waals surface area (Å²) in [6.07, 6.45) is 7.30. The number of aryl methyl sites for hydroxylation is 2. The zero-order valence-corrected chi connectivity index (χ0v) is 15.9. The van der Waals surface area contributed by atoms with E-state index >= 15 is 0 Å². The van der Waals surface area contributed by atoms with Gasteiger partial charge in [-0.25, -0.2) is 4.79 Å². The summed E-state index contributed by atoms with van der Waals surface area (Å²) >= 11 is 0. The van der Waals surface area contributed by atoms with Crippen LogP contribution >= 0.6 is 0 Å². The van der Waals surface area contributed by atoms with Crippen LogP contribution < -0.4 is 5.32 Å². The van der Waals surface area contributed by atoms with Crippen LogP contribution in [0.5, 0.6) is 0 Å². The van der Waals surface area contributed by atoms with Crippen LogP contribution in [0.1, 0.15) is 48.4 Å². The van der Waals surface area contributed by atoms with Crippen molar-refractivity contribution in [2.75, 3.05) is 6.61 Å². The molecule has 3 rings (SSSR count). The second-order valence-electron chi connectivity index (χ2n) is 6.95. The van der Waals surface area contributed by atoms with Crippen LogP contribution in [0.2, 0.25) is 0 Å². The fourth-order valence-corrected chi connectivity index (χ4v) is 3.45. The highest BCUT2D eigenvalue weighted by Crippen LogP contribution is 2.21. The summed E-state index contributed by atoms with van der Waals surface area (Å²) in [5.74, 6) is 0.643. The summed E-state index contributed by atoms with van der Waals surface area (Å²) in [6, 6.07) is 4.03. The van der Waals surface area contributed by atoms with Gasteiger partial charge in [-0.3, -0.25) is 9.36 Å². The minimum Gasteiger partial charge on any atom is -0.452 e. The number of nitrogens with one attached hydrogen (secondary N) is 1. The van der Waals surface area contributed by atoms with Crippen molar-refractivity contribution < 1.29 is 18.8 Å². The lowest BCUT2D eigenvalue weighted by molar-refractivity contribution is -0.144. The van der Waals surface area contributed by atoms with E-state index < -0.39 is 5.97 Å². The Balaban J connectivity index is 1.57. The predicted octanol–water partition coefficient (Wildman–Crippen LogP) is 3.01. The Morgan fingerprint density at radius 3 is 2.70 bits per heavy atom. The largest absolute Gasteiger partial charge is 0.452 e. The van der Waals surface area contributed by atoms with E-state index in [-0.39, 0.29) is 18.6 Å². The van der Waals surface area contributed by atoms with Gasteiger partial charge in [0.1, 0.15) is 5.76 Å². The first-order chi connectivity index (χ1) is 12.9. The minimum atomic E-state index is -0.543. The van der Waals surface area contributed by atoms with E-state index in [4.69, 9.17) is 9.26 Å². The number of hydrogen-bond donors (Lipinski definition) is 1. The Morgan fingerprint density at radius 2 is 2.04 bits per heavy atom. The van der Waals surface area contributed by atoms with Crippen molar-refractivity contribution in [2.24, 2.45) is 0 Å². The summed E-state index contributed by atoms with van der Waals surface area (Å²) in [6.45, 7) is 5.48. The lowest BCUT2D eigenvalue weighted by atomic mass is 10.2. The third kappa shape index (κ3) is 4.67. The molecule has 1 aliphatic rings. The molecule has 1 aliphatic carbocycles. The number of carbonyl (C=O) groups is 2. The smallest absolute Gasteiger partial charge is 0.331 e. The quantitative estimate of drug-likeness (QED) is 0.623. The molecule has 2 aromatic heterocycles. The molecule has 27 heavy (non-hydrogen) atoms. The van der Waals surface area contributed by atoms with Crippen LogP contribution in [-0.2, 0) is 14.3 Å². The van der Waals surface area contributed by atoms with E-state index in [0.717, 1.165) is 48.4 Å². The minimum absolute atomic E-state index is 0.220. The molecule has 0 saturated heterocycles. The van der Waals surface area contributed by atoms with E-state index in [1.165, 1.54) is 6.08 Å². The van der Waals surface area contributed by atoms with Crippen molar-refractivity contribution in [1.29, 1.82) is 0 Å². The van der Waals surface area contributed by atoms with Gasteiger partial charge >= 0.3 is 5.97 Å². The van der Waals surface area contributed by atoms with E-state index in [1.807, 2.05) is 37.5 Å². The van der Waals surface area contributed by atoms with Crippen molar-refractivity contribution in [3.05, 3.63) is 40.9 Å². The molecule has 2 aromatic rings. The second-order valence-corrected chi connectivity index (χ2v) is 6.95. The number of ether oxygens (including phenoxy) is 1. The molecular weight excluding hydrogens is 346 g/mol. The number of rotatable bonds is 6. The molecule has 0 spiro atoms. The molecule has 0 radical (unpaired) electrons. The molecule has 0 bridgehead atoms. The zero-order chi connectivity index (χ0) is 19.4. The van der Waals surface area contributed by atoms with Crippen molar-refractivity contribution in [2.45, 2.75) is 52.5 Å². The highest BCUT2D eigenvalue weighted by Gasteiger charge is 2.17.